The smallest absolute Gasteiger partial charge is 0.330 e. The molecule has 0 saturated heterocycles. The molecule has 0 fully saturated rings. The van der Waals surface area contributed by atoms with Crippen LogP contribution in [-0.4, -0.2) is 32.4 Å². The Morgan fingerprint density at radius 3 is 2.53 bits per heavy atom. The van der Waals surface area contributed by atoms with Crippen LogP contribution >= 0.6 is 27.3 Å². The summed E-state index contributed by atoms with van der Waals surface area (Å²) in [6, 6.07) is 3.64. The molecule has 0 bridgehead atoms. The van der Waals surface area contributed by atoms with Crippen molar-refractivity contribution >= 4 is 44.2 Å². The molecular formula is C21H25BrN4O3S. The number of aromatic amines is 1. The second kappa shape index (κ2) is 8.85. The Morgan fingerprint density at radius 2 is 1.97 bits per heavy atom. The molecule has 0 aliphatic rings. The van der Waals surface area contributed by atoms with Gasteiger partial charge in [-0.05, 0) is 39.9 Å². The van der Waals surface area contributed by atoms with Crippen molar-refractivity contribution in [1.29, 1.82) is 0 Å². The molecule has 0 aliphatic heterocycles. The van der Waals surface area contributed by atoms with Crippen molar-refractivity contribution in [2.45, 2.75) is 46.7 Å². The number of nitrogens with one attached hydrogen (secondary N) is 1. The molecule has 160 valence electrons. The third-order valence-corrected chi connectivity index (χ3v) is 6.38. The highest BCUT2D eigenvalue weighted by atomic mass is 79.9. The van der Waals surface area contributed by atoms with Gasteiger partial charge in [0.15, 0.2) is 5.65 Å². The largest absolute Gasteiger partial charge is 0.337 e. The fraction of sp³-hybridized carbons (Fsp3) is 0.429. The van der Waals surface area contributed by atoms with E-state index in [4.69, 9.17) is 0 Å². The van der Waals surface area contributed by atoms with Gasteiger partial charge >= 0.3 is 5.69 Å². The molecule has 0 unspecified atom stereocenters. The predicted octanol–water partition coefficient (Wildman–Crippen LogP) is 3.96. The minimum absolute atomic E-state index is 0.0291. The monoisotopic (exact) mass is 492 g/mol. The Bertz CT molecular complexity index is 1210. The lowest BCUT2D eigenvalue weighted by molar-refractivity contribution is 0.0788. The average Bonchev–Trinajstić information content (AvgIpc) is 3.07. The molecule has 0 aliphatic carbocycles. The summed E-state index contributed by atoms with van der Waals surface area (Å²) in [5.41, 5.74) is 0.0960. The summed E-state index contributed by atoms with van der Waals surface area (Å²) < 4.78 is 2.43. The van der Waals surface area contributed by atoms with Crippen molar-refractivity contribution in [3.05, 3.63) is 59.0 Å². The van der Waals surface area contributed by atoms with Crippen LogP contribution in [0.2, 0.25) is 0 Å². The van der Waals surface area contributed by atoms with Crippen LogP contribution < -0.4 is 11.2 Å². The van der Waals surface area contributed by atoms with Gasteiger partial charge in [-0.25, -0.2) is 9.78 Å². The number of carbonyl (C=O) groups is 1. The molecule has 9 heteroatoms. The maximum Gasteiger partial charge on any atom is 0.330 e. The number of amides is 1. The van der Waals surface area contributed by atoms with E-state index >= 15 is 0 Å². The lowest BCUT2D eigenvalue weighted by Crippen LogP contribution is -2.34. The van der Waals surface area contributed by atoms with E-state index in [0.717, 1.165) is 9.35 Å². The molecule has 1 amide bonds. The number of halogens is 1. The van der Waals surface area contributed by atoms with E-state index in [9.17, 15) is 14.4 Å². The maximum absolute atomic E-state index is 13.4. The number of thiophene rings is 1. The molecule has 3 aromatic heterocycles. The number of H-pyrrole nitrogens is 1. The van der Waals surface area contributed by atoms with Gasteiger partial charge in [0.1, 0.15) is 0 Å². The van der Waals surface area contributed by atoms with E-state index < -0.39 is 11.2 Å². The summed E-state index contributed by atoms with van der Waals surface area (Å²) in [6.07, 6.45) is 0. The van der Waals surface area contributed by atoms with E-state index in [1.165, 1.54) is 4.57 Å². The van der Waals surface area contributed by atoms with Gasteiger partial charge in [0.05, 0.1) is 17.5 Å². The SMILES string of the molecule is CC(C)Cn1c(=O)[nH]c(=O)c2c(C(=O)N(C)Cc3cc(Br)cs3)cc(C(C)C)nc21. The molecule has 1 N–H and O–H groups in total. The number of hydrogen-bond acceptors (Lipinski definition) is 5. The summed E-state index contributed by atoms with van der Waals surface area (Å²) >= 11 is 4.98. The minimum Gasteiger partial charge on any atom is -0.337 e. The molecule has 0 atom stereocenters. The molecule has 0 radical (unpaired) electrons. The van der Waals surface area contributed by atoms with Crippen LogP contribution in [0.25, 0.3) is 11.0 Å². The standard InChI is InChI=1S/C21H25BrN4O3S/c1-11(2)8-26-18-17(19(27)24-21(26)29)15(7-16(23-18)12(3)4)20(28)25(5)9-14-6-13(22)10-30-14/h6-7,10-12H,8-9H2,1-5H3,(H,24,27,29). The highest BCUT2D eigenvalue weighted by Crippen LogP contribution is 2.24. The number of rotatable bonds is 6. The minimum atomic E-state index is -0.589. The first-order valence-corrected chi connectivity index (χ1v) is 11.4. The molecule has 3 heterocycles. The topological polar surface area (TPSA) is 88.1 Å². The van der Waals surface area contributed by atoms with E-state index in [0.29, 0.717) is 18.8 Å². The second-order valence-corrected chi connectivity index (χ2v) is 10.0. The highest BCUT2D eigenvalue weighted by Gasteiger charge is 2.23. The van der Waals surface area contributed by atoms with Crippen LogP contribution in [0.4, 0.5) is 0 Å². The average molecular weight is 493 g/mol. The van der Waals surface area contributed by atoms with Gasteiger partial charge in [-0.15, -0.1) is 11.3 Å². The van der Waals surface area contributed by atoms with Crippen LogP contribution in [0, 0.1) is 5.92 Å². The first kappa shape index (κ1) is 22.4. The Morgan fingerprint density at radius 1 is 1.27 bits per heavy atom. The maximum atomic E-state index is 13.4. The van der Waals surface area contributed by atoms with E-state index in [2.05, 4.69) is 25.9 Å². The van der Waals surface area contributed by atoms with Crippen molar-refractivity contribution in [1.82, 2.24) is 19.4 Å². The van der Waals surface area contributed by atoms with Gasteiger partial charge in [0.25, 0.3) is 11.5 Å². The molecule has 0 spiro atoms. The number of aromatic nitrogens is 3. The highest BCUT2D eigenvalue weighted by molar-refractivity contribution is 9.10. The summed E-state index contributed by atoms with van der Waals surface area (Å²) in [6.45, 7) is 8.71. The van der Waals surface area contributed by atoms with Crippen molar-refractivity contribution in [3.63, 3.8) is 0 Å². The van der Waals surface area contributed by atoms with Crippen molar-refractivity contribution in [3.8, 4) is 0 Å². The molecule has 7 nitrogen and oxygen atoms in total. The molecule has 0 aromatic carbocycles. The van der Waals surface area contributed by atoms with Crippen LogP contribution in [0.1, 0.15) is 54.5 Å². The lowest BCUT2D eigenvalue weighted by atomic mass is 10.0. The summed E-state index contributed by atoms with van der Waals surface area (Å²) in [5.74, 6) is -0.0872. The molecule has 0 saturated carbocycles. The molecule has 30 heavy (non-hydrogen) atoms. The van der Waals surface area contributed by atoms with Gasteiger partial charge < -0.3 is 4.90 Å². The van der Waals surface area contributed by atoms with Gasteiger partial charge in [0.2, 0.25) is 0 Å². The van der Waals surface area contributed by atoms with Crippen molar-refractivity contribution in [2.75, 3.05) is 7.05 Å². The van der Waals surface area contributed by atoms with Crippen LogP contribution in [-0.2, 0) is 13.1 Å². The first-order valence-electron chi connectivity index (χ1n) is 9.74. The number of carbonyl (C=O) groups excluding carboxylic acids is 1. The summed E-state index contributed by atoms with van der Waals surface area (Å²) in [5, 5.41) is 2.12. The number of fused-ring (bicyclic) bond motifs is 1. The van der Waals surface area contributed by atoms with Crippen LogP contribution in [0.15, 0.2) is 31.6 Å². The van der Waals surface area contributed by atoms with Gasteiger partial charge in [0, 0.05) is 34.0 Å². The lowest BCUT2D eigenvalue weighted by Gasteiger charge is -2.20. The number of pyridine rings is 1. The Kier molecular flexibility index (Phi) is 6.62. The second-order valence-electron chi connectivity index (χ2n) is 8.10. The first-order chi connectivity index (χ1) is 14.1. The predicted molar refractivity (Wildman–Crippen MR) is 123 cm³/mol. The third kappa shape index (κ3) is 4.57. The van der Waals surface area contributed by atoms with Gasteiger partial charge in [-0.1, -0.05) is 27.7 Å². The summed E-state index contributed by atoms with van der Waals surface area (Å²) in [7, 11) is 1.70. The van der Waals surface area contributed by atoms with E-state index in [1.807, 2.05) is 39.1 Å². The zero-order valence-corrected chi connectivity index (χ0v) is 20.1. The van der Waals surface area contributed by atoms with Crippen molar-refractivity contribution in [2.24, 2.45) is 5.92 Å². The number of hydrogen-bond donors (Lipinski definition) is 1. The quantitative estimate of drug-likeness (QED) is 0.563. The normalized spacial score (nSPS) is 11.6. The number of nitrogens with zero attached hydrogens (tertiary/aromatic N) is 3. The summed E-state index contributed by atoms with van der Waals surface area (Å²) in [4.78, 5) is 48.2. The Hall–Kier alpha value is -2.26. The van der Waals surface area contributed by atoms with Gasteiger partial charge in [-0.2, -0.15) is 0 Å². The fourth-order valence-electron chi connectivity index (χ4n) is 3.24. The van der Waals surface area contributed by atoms with Crippen LogP contribution in [0.5, 0.6) is 0 Å². The van der Waals surface area contributed by atoms with E-state index in [-0.39, 0.29) is 34.3 Å². The third-order valence-electron chi connectivity index (χ3n) is 4.70. The molecule has 3 aromatic rings. The molecular weight excluding hydrogens is 468 g/mol. The zero-order chi connectivity index (χ0) is 22.2. The van der Waals surface area contributed by atoms with Crippen molar-refractivity contribution < 1.29 is 4.79 Å². The van der Waals surface area contributed by atoms with E-state index in [1.54, 1.807) is 29.4 Å². The molecule has 3 rings (SSSR count). The zero-order valence-electron chi connectivity index (χ0n) is 17.7. The van der Waals surface area contributed by atoms with Gasteiger partial charge in [-0.3, -0.25) is 19.1 Å². The Labute approximate surface area is 186 Å². The fourth-order valence-corrected chi connectivity index (χ4v) is 4.74. The van der Waals surface area contributed by atoms with Crippen LogP contribution in [0.3, 0.4) is 0 Å². The Balaban J connectivity index is 2.20.